The first kappa shape index (κ1) is 9.28. The maximum absolute atomic E-state index is 3.33. The second-order valence-electron chi connectivity index (χ2n) is 3.65. The summed E-state index contributed by atoms with van der Waals surface area (Å²) in [5, 5.41) is 1.98. The number of rotatable bonds is 2. The van der Waals surface area contributed by atoms with Gasteiger partial charge in [-0.2, -0.15) is 0 Å². The number of nitrogens with zero attached hydrogens (tertiary/aromatic N) is 1. The Balaban J connectivity index is 2.14. The number of benzene rings is 1. The van der Waals surface area contributed by atoms with Gasteiger partial charge >= 0.3 is 0 Å². The molecule has 0 spiro atoms. The SMILES string of the molecule is CCc1ccc(C2C=CN(C)N2)cc1. The number of hydrogen-bond acceptors (Lipinski definition) is 2. The van der Waals surface area contributed by atoms with Gasteiger partial charge in [0.1, 0.15) is 0 Å². The molecule has 0 fully saturated rings. The van der Waals surface area contributed by atoms with Crippen LogP contribution in [0.15, 0.2) is 36.5 Å². The van der Waals surface area contributed by atoms with Crippen LogP contribution < -0.4 is 5.43 Å². The fraction of sp³-hybridized carbons (Fsp3) is 0.333. The summed E-state index contributed by atoms with van der Waals surface area (Å²) in [7, 11) is 2.01. The minimum atomic E-state index is 0.339. The molecular formula is C12H16N2. The third-order valence-corrected chi connectivity index (χ3v) is 2.59. The Morgan fingerprint density at radius 1 is 1.29 bits per heavy atom. The van der Waals surface area contributed by atoms with Gasteiger partial charge in [0.05, 0.1) is 6.04 Å². The zero-order chi connectivity index (χ0) is 9.97. The van der Waals surface area contributed by atoms with Crippen LogP contribution in [-0.4, -0.2) is 12.1 Å². The van der Waals surface area contributed by atoms with E-state index in [0.717, 1.165) is 6.42 Å². The Hall–Kier alpha value is -1.28. The van der Waals surface area contributed by atoms with E-state index < -0.39 is 0 Å². The third kappa shape index (κ3) is 1.80. The van der Waals surface area contributed by atoms with Crippen molar-refractivity contribution in [2.24, 2.45) is 0 Å². The highest BCUT2D eigenvalue weighted by molar-refractivity contribution is 5.28. The van der Waals surface area contributed by atoms with Crippen molar-refractivity contribution >= 4 is 0 Å². The Morgan fingerprint density at radius 3 is 2.50 bits per heavy atom. The molecule has 2 nitrogen and oxygen atoms in total. The smallest absolute Gasteiger partial charge is 0.0710 e. The van der Waals surface area contributed by atoms with Gasteiger partial charge in [-0.3, -0.25) is 0 Å². The maximum atomic E-state index is 3.33. The van der Waals surface area contributed by atoms with E-state index in [-0.39, 0.29) is 0 Å². The first-order valence-corrected chi connectivity index (χ1v) is 5.06. The van der Waals surface area contributed by atoms with Crippen LogP contribution in [0.1, 0.15) is 24.1 Å². The summed E-state index contributed by atoms with van der Waals surface area (Å²) in [6.07, 6.45) is 5.33. The van der Waals surface area contributed by atoms with Gasteiger partial charge in [0.25, 0.3) is 0 Å². The van der Waals surface area contributed by atoms with E-state index in [1.165, 1.54) is 11.1 Å². The molecule has 14 heavy (non-hydrogen) atoms. The van der Waals surface area contributed by atoms with Crippen LogP contribution in [-0.2, 0) is 6.42 Å². The van der Waals surface area contributed by atoms with Gasteiger partial charge in [-0.1, -0.05) is 31.2 Å². The highest BCUT2D eigenvalue weighted by Crippen LogP contribution is 2.19. The number of hydrazine groups is 1. The van der Waals surface area contributed by atoms with Crippen LogP contribution in [0.25, 0.3) is 0 Å². The van der Waals surface area contributed by atoms with Gasteiger partial charge in [-0.05, 0) is 23.6 Å². The van der Waals surface area contributed by atoms with Crippen LogP contribution in [0.2, 0.25) is 0 Å². The summed E-state index contributed by atoms with van der Waals surface area (Å²) in [6.45, 7) is 2.18. The predicted molar refractivity (Wildman–Crippen MR) is 58.6 cm³/mol. The van der Waals surface area contributed by atoms with E-state index in [0.29, 0.717) is 6.04 Å². The Labute approximate surface area is 85.2 Å². The maximum Gasteiger partial charge on any atom is 0.0710 e. The number of hydrogen-bond donors (Lipinski definition) is 1. The van der Waals surface area contributed by atoms with Crippen molar-refractivity contribution in [3.8, 4) is 0 Å². The van der Waals surface area contributed by atoms with Crippen LogP contribution in [0.5, 0.6) is 0 Å². The van der Waals surface area contributed by atoms with E-state index in [2.05, 4.69) is 48.9 Å². The van der Waals surface area contributed by atoms with Crippen molar-refractivity contribution in [3.05, 3.63) is 47.7 Å². The molecule has 1 N–H and O–H groups in total. The molecule has 1 unspecified atom stereocenters. The highest BCUT2D eigenvalue weighted by atomic mass is 15.5. The fourth-order valence-corrected chi connectivity index (χ4v) is 1.67. The zero-order valence-electron chi connectivity index (χ0n) is 8.70. The second kappa shape index (κ2) is 3.84. The van der Waals surface area contributed by atoms with Gasteiger partial charge in [-0.15, -0.1) is 0 Å². The van der Waals surface area contributed by atoms with Gasteiger partial charge in [0, 0.05) is 13.2 Å². The summed E-state index contributed by atoms with van der Waals surface area (Å²) in [6, 6.07) is 9.12. The normalized spacial score (nSPS) is 20.4. The quantitative estimate of drug-likeness (QED) is 0.765. The van der Waals surface area contributed by atoms with E-state index in [1.54, 1.807) is 0 Å². The molecule has 0 amide bonds. The molecule has 0 radical (unpaired) electrons. The van der Waals surface area contributed by atoms with Crippen LogP contribution >= 0.6 is 0 Å². The van der Waals surface area contributed by atoms with E-state index >= 15 is 0 Å². The topological polar surface area (TPSA) is 15.3 Å². The third-order valence-electron chi connectivity index (χ3n) is 2.59. The lowest BCUT2D eigenvalue weighted by atomic mass is 10.0. The fourth-order valence-electron chi connectivity index (χ4n) is 1.67. The van der Waals surface area contributed by atoms with Crippen LogP contribution in [0, 0.1) is 0 Å². The summed E-state index contributed by atoms with van der Waals surface area (Å²) >= 11 is 0. The summed E-state index contributed by atoms with van der Waals surface area (Å²) in [4.78, 5) is 0. The van der Waals surface area contributed by atoms with Crippen molar-refractivity contribution in [3.63, 3.8) is 0 Å². The van der Waals surface area contributed by atoms with E-state index in [1.807, 2.05) is 12.1 Å². The monoisotopic (exact) mass is 188 g/mol. The van der Waals surface area contributed by atoms with Gasteiger partial charge in [0.2, 0.25) is 0 Å². The molecule has 1 aliphatic heterocycles. The minimum Gasteiger partial charge on any atom is -0.318 e. The standard InChI is InChI=1S/C12H16N2/c1-3-10-4-6-11(7-5-10)12-8-9-14(2)13-12/h4-9,12-13H,3H2,1-2H3. The predicted octanol–water partition coefficient (Wildman–Crippen LogP) is 2.25. The van der Waals surface area contributed by atoms with Gasteiger partial charge in [0.15, 0.2) is 0 Å². The van der Waals surface area contributed by atoms with Crippen molar-refractivity contribution < 1.29 is 0 Å². The number of nitrogens with one attached hydrogen (secondary N) is 1. The largest absolute Gasteiger partial charge is 0.318 e. The molecule has 1 aromatic rings. The molecule has 0 saturated heterocycles. The molecule has 1 heterocycles. The van der Waals surface area contributed by atoms with Gasteiger partial charge in [-0.25, -0.2) is 5.43 Å². The van der Waals surface area contributed by atoms with Gasteiger partial charge < -0.3 is 5.01 Å². The highest BCUT2D eigenvalue weighted by Gasteiger charge is 2.13. The number of aryl methyl sites for hydroxylation is 1. The van der Waals surface area contributed by atoms with Crippen LogP contribution in [0.3, 0.4) is 0 Å². The van der Waals surface area contributed by atoms with E-state index in [9.17, 15) is 0 Å². The lowest BCUT2D eigenvalue weighted by Gasteiger charge is -2.15. The van der Waals surface area contributed by atoms with Crippen LogP contribution in [0.4, 0.5) is 0 Å². The first-order chi connectivity index (χ1) is 6.79. The van der Waals surface area contributed by atoms with Crippen molar-refractivity contribution in [1.82, 2.24) is 10.4 Å². The Morgan fingerprint density at radius 2 is 2.00 bits per heavy atom. The summed E-state index contributed by atoms with van der Waals surface area (Å²) in [5.41, 5.74) is 6.04. The molecule has 1 aliphatic rings. The molecule has 0 aromatic heterocycles. The molecule has 0 saturated carbocycles. The minimum absolute atomic E-state index is 0.339. The molecule has 1 aromatic carbocycles. The zero-order valence-corrected chi connectivity index (χ0v) is 8.70. The van der Waals surface area contributed by atoms with E-state index in [4.69, 9.17) is 0 Å². The lowest BCUT2D eigenvalue weighted by molar-refractivity contribution is 0.333. The molecule has 74 valence electrons. The summed E-state index contributed by atoms with van der Waals surface area (Å²) < 4.78 is 0. The molecule has 1 atom stereocenters. The molecule has 2 heteroatoms. The van der Waals surface area contributed by atoms with Crippen molar-refractivity contribution in [2.75, 3.05) is 7.05 Å². The molecule has 2 rings (SSSR count). The molecular weight excluding hydrogens is 172 g/mol. The summed E-state index contributed by atoms with van der Waals surface area (Å²) in [5.74, 6) is 0. The Bertz CT molecular complexity index is 327. The molecule has 0 bridgehead atoms. The molecule has 0 aliphatic carbocycles. The first-order valence-electron chi connectivity index (χ1n) is 5.06. The lowest BCUT2D eigenvalue weighted by Crippen LogP contribution is -2.26. The average molecular weight is 188 g/mol. The Kier molecular flexibility index (Phi) is 2.55. The van der Waals surface area contributed by atoms with Crippen molar-refractivity contribution in [2.45, 2.75) is 19.4 Å². The second-order valence-corrected chi connectivity index (χ2v) is 3.65. The van der Waals surface area contributed by atoms with Crippen molar-refractivity contribution in [1.29, 1.82) is 0 Å². The average Bonchev–Trinajstić information content (AvgIpc) is 2.65.